The summed E-state index contributed by atoms with van der Waals surface area (Å²) in [5.41, 5.74) is 0.865. The first kappa shape index (κ1) is 23.6. The second-order valence-electron chi connectivity index (χ2n) is 9.13. The number of aliphatic hydroxyl groups is 4. The summed E-state index contributed by atoms with van der Waals surface area (Å²) in [6.45, 7) is 1.56. The lowest BCUT2D eigenvalue weighted by molar-refractivity contribution is -0.169. The quantitative estimate of drug-likeness (QED) is 0.242. The van der Waals surface area contributed by atoms with Crippen molar-refractivity contribution >= 4 is 29.5 Å². The smallest absolute Gasteiger partial charge is 0.255 e. The Labute approximate surface area is 193 Å². The number of benzene rings is 1. The average Bonchev–Trinajstić information content (AvgIpc) is 2.75. The normalized spacial score (nSPS) is 32.9. The Morgan fingerprint density at radius 2 is 1.79 bits per heavy atom. The van der Waals surface area contributed by atoms with Crippen molar-refractivity contribution in [3.63, 3.8) is 0 Å². The molecule has 1 saturated carbocycles. The standard InChI is InChI=1S/C23H24N2O9/c1-7-10-8(6-26)4-5-9(27)12(10)17(28)13-11(7)18(29)15-16(25(2)3)19(30)14(22(24)33)21(32)23(15,34)20(13)31/h4-7,11,15-16,18,27-29,32,34H,1-3H3,(H2,24,33). The number of nitrogens with two attached hydrogens (primary N) is 1. The van der Waals surface area contributed by atoms with E-state index in [2.05, 4.69) is 0 Å². The molecule has 0 radical (unpaired) electrons. The molecule has 0 heterocycles. The Morgan fingerprint density at radius 1 is 1.18 bits per heavy atom. The molecule has 3 aliphatic carbocycles. The number of ketones is 2. The average molecular weight is 472 g/mol. The Bertz CT molecular complexity index is 1230. The molecule has 6 unspecified atom stereocenters. The molecule has 1 amide bonds. The molecule has 3 aliphatic rings. The van der Waals surface area contributed by atoms with Gasteiger partial charge in [0.05, 0.1) is 23.6 Å². The van der Waals surface area contributed by atoms with E-state index < -0.39 is 81.4 Å². The molecule has 7 N–H and O–H groups in total. The molecule has 0 aliphatic heterocycles. The summed E-state index contributed by atoms with van der Waals surface area (Å²) >= 11 is 0. The van der Waals surface area contributed by atoms with Crippen LogP contribution in [0.2, 0.25) is 0 Å². The van der Waals surface area contributed by atoms with Crippen molar-refractivity contribution in [3.8, 4) is 5.75 Å². The second-order valence-corrected chi connectivity index (χ2v) is 9.13. The van der Waals surface area contributed by atoms with Gasteiger partial charge in [0, 0.05) is 17.1 Å². The number of aldehydes is 1. The van der Waals surface area contributed by atoms with Gasteiger partial charge in [-0.15, -0.1) is 0 Å². The lowest BCUT2D eigenvalue weighted by Gasteiger charge is -2.53. The van der Waals surface area contributed by atoms with Crippen LogP contribution in [-0.2, 0) is 14.4 Å². The molecular formula is C23H24N2O9. The highest BCUT2D eigenvalue weighted by molar-refractivity contribution is 6.24. The maximum Gasteiger partial charge on any atom is 0.255 e. The number of fused-ring (bicyclic) bond motifs is 3. The third-order valence-electron chi connectivity index (χ3n) is 7.27. The predicted octanol–water partition coefficient (Wildman–Crippen LogP) is -0.692. The summed E-state index contributed by atoms with van der Waals surface area (Å²) < 4.78 is 0. The number of hydrogen-bond donors (Lipinski definition) is 6. The zero-order valence-corrected chi connectivity index (χ0v) is 18.5. The van der Waals surface area contributed by atoms with Gasteiger partial charge < -0.3 is 31.3 Å². The highest BCUT2D eigenvalue weighted by Crippen LogP contribution is 2.56. The summed E-state index contributed by atoms with van der Waals surface area (Å²) in [6.07, 6.45) is -1.21. The van der Waals surface area contributed by atoms with Crippen LogP contribution in [0.25, 0.3) is 5.76 Å². The molecule has 0 bridgehead atoms. The first-order valence-corrected chi connectivity index (χ1v) is 10.5. The van der Waals surface area contributed by atoms with E-state index in [0.29, 0.717) is 6.29 Å². The van der Waals surface area contributed by atoms with Gasteiger partial charge in [-0.25, -0.2) is 0 Å². The largest absolute Gasteiger partial charge is 0.508 e. The number of likely N-dealkylation sites (N-methyl/N-ethyl adjacent to an activating group) is 1. The number of carbonyl (C=O) groups excluding carboxylic acids is 4. The van der Waals surface area contributed by atoms with Gasteiger partial charge in [0.25, 0.3) is 5.91 Å². The summed E-state index contributed by atoms with van der Waals surface area (Å²) in [5, 5.41) is 55.3. The van der Waals surface area contributed by atoms with Gasteiger partial charge in [0.2, 0.25) is 5.78 Å². The van der Waals surface area contributed by atoms with Crippen LogP contribution in [0.15, 0.2) is 29.0 Å². The van der Waals surface area contributed by atoms with Crippen LogP contribution < -0.4 is 5.73 Å². The number of primary amides is 1. The zero-order valence-electron chi connectivity index (χ0n) is 18.5. The fraction of sp³-hybridized carbons (Fsp3) is 0.391. The van der Waals surface area contributed by atoms with Crippen LogP contribution >= 0.6 is 0 Å². The van der Waals surface area contributed by atoms with Gasteiger partial charge in [-0.05, 0) is 37.7 Å². The molecule has 34 heavy (non-hydrogen) atoms. The number of phenolic OH excluding ortho intramolecular Hbond substituents is 1. The fourth-order valence-corrected chi connectivity index (χ4v) is 5.83. The van der Waals surface area contributed by atoms with E-state index in [1.54, 1.807) is 6.92 Å². The van der Waals surface area contributed by atoms with E-state index >= 15 is 0 Å². The van der Waals surface area contributed by atoms with Gasteiger partial charge >= 0.3 is 0 Å². The zero-order chi connectivity index (χ0) is 25.4. The maximum absolute atomic E-state index is 13.7. The van der Waals surface area contributed by atoms with E-state index in [1.807, 2.05) is 0 Å². The molecule has 6 atom stereocenters. The first-order valence-electron chi connectivity index (χ1n) is 10.5. The monoisotopic (exact) mass is 472 g/mol. The van der Waals surface area contributed by atoms with Crippen LogP contribution in [0.3, 0.4) is 0 Å². The minimum absolute atomic E-state index is 0.106. The molecule has 11 nitrogen and oxygen atoms in total. The summed E-state index contributed by atoms with van der Waals surface area (Å²) in [6, 6.07) is 1.04. The topological polar surface area (TPSA) is 199 Å². The molecule has 0 spiro atoms. The number of carbonyl (C=O) groups is 4. The van der Waals surface area contributed by atoms with Gasteiger partial charge in [-0.3, -0.25) is 24.1 Å². The molecule has 1 aromatic rings. The number of amides is 1. The molecule has 11 heteroatoms. The molecule has 4 rings (SSSR count). The van der Waals surface area contributed by atoms with E-state index in [0.717, 1.165) is 6.07 Å². The Balaban J connectivity index is 2.09. The summed E-state index contributed by atoms with van der Waals surface area (Å²) in [5.74, 6) is -9.86. The molecular weight excluding hydrogens is 448 g/mol. The van der Waals surface area contributed by atoms with Gasteiger partial charge in [-0.1, -0.05) is 6.92 Å². The number of nitrogens with zero attached hydrogens (tertiary/aromatic N) is 1. The van der Waals surface area contributed by atoms with Crippen LogP contribution in [-0.4, -0.2) is 86.0 Å². The first-order chi connectivity index (χ1) is 15.8. The van der Waals surface area contributed by atoms with Gasteiger partial charge in [-0.2, -0.15) is 0 Å². The van der Waals surface area contributed by atoms with Crippen LogP contribution in [0, 0.1) is 11.8 Å². The molecule has 1 fully saturated rings. The van der Waals surface area contributed by atoms with Crippen molar-refractivity contribution in [2.75, 3.05) is 14.1 Å². The van der Waals surface area contributed by atoms with Crippen molar-refractivity contribution < 1.29 is 44.7 Å². The maximum atomic E-state index is 13.7. The number of phenols is 1. The highest BCUT2D eigenvalue weighted by Gasteiger charge is 2.68. The third kappa shape index (κ3) is 2.68. The molecule has 0 saturated heterocycles. The van der Waals surface area contributed by atoms with Crippen molar-refractivity contribution in [2.24, 2.45) is 17.6 Å². The van der Waals surface area contributed by atoms with E-state index in [9.17, 15) is 44.7 Å². The number of rotatable bonds is 3. The minimum Gasteiger partial charge on any atom is -0.508 e. The van der Waals surface area contributed by atoms with Crippen molar-refractivity contribution in [3.05, 3.63) is 45.7 Å². The van der Waals surface area contributed by atoms with Crippen molar-refractivity contribution in [1.82, 2.24) is 4.90 Å². The van der Waals surface area contributed by atoms with E-state index in [-0.39, 0.29) is 16.7 Å². The predicted molar refractivity (Wildman–Crippen MR) is 116 cm³/mol. The third-order valence-corrected chi connectivity index (χ3v) is 7.27. The summed E-state index contributed by atoms with van der Waals surface area (Å²) in [4.78, 5) is 51.8. The SMILES string of the molecule is CC1c2c(C=O)ccc(O)c2C(O)=C2C(=O)C3(O)C(O)=C(C(N)=O)C(=O)C(N(C)C)C3C(O)C21. The number of hydrogen-bond acceptors (Lipinski definition) is 10. The fourth-order valence-electron chi connectivity index (χ4n) is 5.83. The Kier molecular flexibility index (Phi) is 5.20. The molecule has 0 aromatic heterocycles. The number of aliphatic hydroxyl groups excluding tert-OH is 3. The number of Topliss-reactive ketones (excluding diaryl/α,β-unsaturated/α-hetero) is 2. The van der Waals surface area contributed by atoms with Gasteiger partial charge in [0.1, 0.15) is 29.1 Å². The Morgan fingerprint density at radius 3 is 2.32 bits per heavy atom. The molecule has 1 aromatic carbocycles. The van der Waals surface area contributed by atoms with Gasteiger partial charge in [0.15, 0.2) is 11.4 Å². The Hall–Kier alpha value is -3.54. The molecule has 180 valence electrons. The van der Waals surface area contributed by atoms with E-state index in [4.69, 9.17) is 5.73 Å². The lowest BCUT2D eigenvalue weighted by atomic mass is 9.54. The lowest BCUT2D eigenvalue weighted by Crippen LogP contribution is -2.70. The summed E-state index contributed by atoms with van der Waals surface area (Å²) in [7, 11) is 2.85. The van der Waals surface area contributed by atoms with Crippen molar-refractivity contribution in [1.29, 1.82) is 0 Å². The van der Waals surface area contributed by atoms with Crippen LogP contribution in [0.4, 0.5) is 0 Å². The number of aromatic hydroxyl groups is 1. The van der Waals surface area contributed by atoms with Crippen LogP contribution in [0.5, 0.6) is 5.75 Å². The minimum atomic E-state index is -2.97. The second kappa shape index (κ2) is 7.49. The van der Waals surface area contributed by atoms with Crippen molar-refractivity contribution in [2.45, 2.75) is 30.6 Å². The van der Waals surface area contributed by atoms with E-state index in [1.165, 1.54) is 25.1 Å². The highest BCUT2D eigenvalue weighted by atomic mass is 16.4. The van der Waals surface area contributed by atoms with Crippen LogP contribution in [0.1, 0.15) is 34.3 Å².